The summed E-state index contributed by atoms with van der Waals surface area (Å²) < 4.78 is 7.25. The Morgan fingerprint density at radius 3 is 2.40 bits per heavy atom. The van der Waals surface area contributed by atoms with E-state index in [0.29, 0.717) is 6.04 Å². The number of aromatic nitrogens is 2. The Morgan fingerprint density at radius 1 is 1.10 bits per heavy atom. The second-order valence-corrected chi connectivity index (χ2v) is 5.35. The average molecular weight is 271 g/mol. The normalized spacial score (nSPS) is 18.1. The third-order valence-corrected chi connectivity index (χ3v) is 4.02. The minimum Gasteiger partial charge on any atom is -0.379 e. The van der Waals surface area contributed by atoms with E-state index in [1.165, 1.54) is 11.1 Å². The number of aryl methyl sites for hydroxylation is 1. The molecule has 0 aliphatic carbocycles. The van der Waals surface area contributed by atoms with Crippen molar-refractivity contribution >= 4 is 0 Å². The lowest BCUT2D eigenvalue weighted by atomic mass is 10.0. The predicted octanol–water partition coefficient (Wildman–Crippen LogP) is 2.48. The molecule has 2 aromatic rings. The van der Waals surface area contributed by atoms with Crippen LogP contribution in [0.15, 0.2) is 36.7 Å². The fourth-order valence-electron chi connectivity index (χ4n) is 2.70. The summed E-state index contributed by atoms with van der Waals surface area (Å²) in [5, 5.41) is 4.22. The maximum absolute atomic E-state index is 5.41. The largest absolute Gasteiger partial charge is 0.379 e. The van der Waals surface area contributed by atoms with E-state index in [9.17, 15) is 0 Å². The number of rotatable bonds is 3. The van der Waals surface area contributed by atoms with Crippen LogP contribution < -0.4 is 0 Å². The zero-order valence-corrected chi connectivity index (χ0v) is 12.1. The highest BCUT2D eigenvalue weighted by molar-refractivity contribution is 5.62. The van der Waals surface area contributed by atoms with E-state index in [1.54, 1.807) is 0 Å². The molecule has 0 N–H and O–H groups in total. The summed E-state index contributed by atoms with van der Waals surface area (Å²) in [6, 6.07) is 9.26. The van der Waals surface area contributed by atoms with Crippen LogP contribution in [0.3, 0.4) is 0 Å². The van der Waals surface area contributed by atoms with Crippen molar-refractivity contribution in [3.8, 4) is 11.1 Å². The van der Waals surface area contributed by atoms with Crippen molar-refractivity contribution in [3.05, 3.63) is 42.2 Å². The zero-order valence-electron chi connectivity index (χ0n) is 12.1. The molecule has 0 saturated carbocycles. The summed E-state index contributed by atoms with van der Waals surface area (Å²) in [6.07, 6.45) is 3.95. The lowest BCUT2D eigenvalue weighted by molar-refractivity contribution is 0.0198. The number of nitrogens with zero attached hydrogens (tertiary/aromatic N) is 3. The second-order valence-electron chi connectivity index (χ2n) is 5.35. The third-order valence-electron chi connectivity index (χ3n) is 4.02. The van der Waals surface area contributed by atoms with Crippen molar-refractivity contribution in [2.75, 3.05) is 26.3 Å². The molecule has 1 saturated heterocycles. The van der Waals surface area contributed by atoms with Crippen LogP contribution in [0.5, 0.6) is 0 Å². The molecule has 1 aliphatic heterocycles. The molecule has 1 aromatic heterocycles. The van der Waals surface area contributed by atoms with Gasteiger partial charge < -0.3 is 4.74 Å². The highest BCUT2D eigenvalue weighted by Gasteiger charge is 2.18. The van der Waals surface area contributed by atoms with Crippen molar-refractivity contribution in [1.82, 2.24) is 14.7 Å². The van der Waals surface area contributed by atoms with E-state index < -0.39 is 0 Å². The first-order valence-electron chi connectivity index (χ1n) is 7.15. The van der Waals surface area contributed by atoms with Crippen molar-refractivity contribution < 1.29 is 4.74 Å². The Labute approximate surface area is 120 Å². The van der Waals surface area contributed by atoms with E-state index in [4.69, 9.17) is 4.74 Å². The number of benzene rings is 1. The fourth-order valence-corrected chi connectivity index (χ4v) is 2.70. The molecule has 1 unspecified atom stereocenters. The van der Waals surface area contributed by atoms with Gasteiger partial charge in [-0.25, -0.2) is 0 Å². The summed E-state index contributed by atoms with van der Waals surface area (Å²) in [4.78, 5) is 2.47. The van der Waals surface area contributed by atoms with Crippen LogP contribution in [0.2, 0.25) is 0 Å². The predicted molar refractivity (Wildman–Crippen MR) is 79.5 cm³/mol. The van der Waals surface area contributed by atoms with E-state index in [-0.39, 0.29) is 0 Å². The summed E-state index contributed by atoms with van der Waals surface area (Å²) in [7, 11) is 1.94. The van der Waals surface area contributed by atoms with Crippen LogP contribution >= 0.6 is 0 Å². The summed E-state index contributed by atoms with van der Waals surface area (Å²) >= 11 is 0. The van der Waals surface area contributed by atoms with Gasteiger partial charge in [0.25, 0.3) is 0 Å². The Balaban J connectivity index is 1.75. The maximum Gasteiger partial charge on any atom is 0.0594 e. The lowest BCUT2D eigenvalue weighted by Crippen LogP contribution is -2.37. The van der Waals surface area contributed by atoms with Gasteiger partial charge in [0.05, 0.1) is 19.4 Å². The number of morpholine rings is 1. The minimum atomic E-state index is 0.446. The summed E-state index contributed by atoms with van der Waals surface area (Å²) in [5.41, 5.74) is 3.74. The molecule has 106 valence electrons. The number of hydrogen-bond acceptors (Lipinski definition) is 3. The third kappa shape index (κ3) is 2.76. The Bertz CT molecular complexity index is 555. The molecule has 1 fully saturated rings. The molecule has 2 heterocycles. The van der Waals surface area contributed by atoms with Gasteiger partial charge in [-0.2, -0.15) is 5.10 Å². The second kappa shape index (κ2) is 5.77. The van der Waals surface area contributed by atoms with Crippen molar-refractivity contribution in [3.63, 3.8) is 0 Å². The fraction of sp³-hybridized carbons (Fsp3) is 0.438. The average Bonchev–Trinajstić information content (AvgIpc) is 2.94. The van der Waals surface area contributed by atoms with E-state index in [1.807, 2.05) is 24.1 Å². The highest BCUT2D eigenvalue weighted by Crippen LogP contribution is 2.25. The maximum atomic E-state index is 5.41. The van der Waals surface area contributed by atoms with Crippen LogP contribution in [-0.2, 0) is 11.8 Å². The van der Waals surface area contributed by atoms with Crippen molar-refractivity contribution in [1.29, 1.82) is 0 Å². The van der Waals surface area contributed by atoms with Crippen molar-refractivity contribution in [2.45, 2.75) is 13.0 Å². The first-order chi connectivity index (χ1) is 9.74. The number of hydrogen-bond donors (Lipinski definition) is 0. The molecule has 0 spiro atoms. The Kier molecular flexibility index (Phi) is 3.85. The lowest BCUT2D eigenvalue weighted by Gasteiger charge is -2.32. The zero-order chi connectivity index (χ0) is 13.9. The quantitative estimate of drug-likeness (QED) is 0.859. The van der Waals surface area contributed by atoms with Gasteiger partial charge in [0.15, 0.2) is 0 Å². The van der Waals surface area contributed by atoms with Crippen LogP contribution in [0, 0.1) is 0 Å². The molecule has 4 nitrogen and oxygen atoms in total. The van der Waals surface area contributed by atoms with Crippen LogP contribution in [0.1, 0.15) is 18.5 Å². The van der Waals surface area contributed by atoms with Gasteiger partial charge in [0, 0.05) is 37.9 Å². The summed E-state index contributed by atoms with van der Waals surface area (Å²) in [6.45, 7) is 6.00. The molecule has 0 radical (unpaired) electrons. The number of ether oxygens (including phenoxy) is 1. The Morgan fingerprint density at radius 2 is 1.80 bits per heavy atom. The van der Waals surface area contributed by atoms with Crippen LogP contribution in [0.4, 0.5) is 0 Å². The SMILES string of the molecule is CC(c1ccc(-c2cnn(C)c2)cc1)N1CCOCC1. The standard InChI is InChI=1S/C16H21N3O/c1-13(19-7-9-20-10-8-19)14-3-5-15(6-4-14)16-11-17-18(2)12-16/h3-6,11-13H,7-10H2,1-2H3. The van der Waals surface area contributed by atoms with E-state index in [2.05, 4.69) is 41.2 Å². The van der Waals surface area contributed by atoms with Gasteiger partial charge in [-0.15, -0.1) is 0 Å². The molecule has 1 atom stereocenters. The van der Waals surface area contributed by atoms with Crippen molar-refractivity contribution in [2.24, 2.45) is 7.05 Å². The monoisotopic (exact) mass is 271 g/mol. The molecule has 3 rings (SSSR count). The molecular weight excluding hydrogens is 250 g/mol. The molecule has 1 aliphatic rings. The summed E-state index contributed by atoms with van der Waals surface area (Å²) in [5.74, 6) is 0. The first-order valence-corrected chi connectivity index (χ1v) is 7.15. The van der Waals surface area contributed by atoms with Gasteiger partial charge in [-0.1, -0.05) is 24.3 Å². The highest BCUT2D eigenvalue weighted by atomic mass is 16.5. The van der Waals surface area contributed by atoms with E-state index in [0.717, 1.165) is 31.9 Å². The molecule has 20 heavy (non-hydrogen) atoms. The molecule has 0 amide bonds. The van der Waals surface area contributed by atoms with Gasteiger partial charge in [-0.05, 0) is 18.1 Å². The minimum absolute atomic E-state index is 0.446. The molecular formula is C16H21N3O. The Hall–Kier alpha value is -1.65. The smallest absolute Gasteiger partial charge is 0.0594 e. The first kappa shape index (κ1) is 13.3. The van der Waals surface area contributed by atoms with Gasteiger partial charge in [-0.3, -0.25) is 9.58 Å². The molecule has 4 heteroatoms. The van der Waals surface area contributed by atoms with Gasteiger partial charge in [0.1, 0.15) is 0 Å². The van der Waals surface area contributed by atoms with Gasteiger partial charge in [0.2, 0.25) is 0 Å². The van der Waals surface area contributed by atoms with Gasteiger partial charge >= 0.3 is 0 Å². The molecule has 1 aromatic carbocycles. The molecule has 0 bridgehead atoms. The topological polar surface area (TPSA) is 30.3 Å². The van der Waals surface area contributed by atoms with E-state index >= 15 is 0 Å². The van der Waals surface area contributed by atoms with Crippen LogP contribution in [0.25, 0.3) is 11.1 Å². The van der Waals surface area contributed by atoms with Crippen LogP contribution in [-0.4, -0.2) is 41.0 Å².